The molecule has 2 aromatic rings. The summed E-state index contributed by atoms with van der Waals surface area (Å²) in [5.74, 6) is -0.0347. The Kier molecular flexibility index (Phi) is 3.66. The van der Waals surface area contributed by atoms with Crippen molar-refractivity contribution in [1.82, 2.24) is 14.9 Å². The summed E-state index contributed by atoms with van der Waals surface area (Å²) >= 11 is 1.43. The summed E-state index contributed by atoms with van der Waals surface area (Å²) in [5, 5.41) is 19.2. The van der Waals surface area contributed by atoms with Crippen molar-refractivity contribution in [3.05, 3.63) is 28.6 Å². The SMILES string of the molecule is Nc1[nH]ncc1S(=O)(=O)NCC(O)c1ccsc1. The average molecular weight is 288 g/mol. The molecule has 0 radical (unpaired) electrons. The Balaban J connectivity index is 2.04. The molecule has 0 saturated carbocycles. The standard InChI is InChI=1S/C9H12N4O3S2/c10-9-8(4-11-13-9)18(15,16)12-3-7(14)6-1-2-17-5-6/h1-2,4-5,7,12,14H,3H2,(H3,10,11,13). The molecular weight excluding hydrogens is 276 g/mol. The highest BCUT2D eigenvalue weighted by Crippen LogP contribution is 2.17. The van der Waals surface area contributed by atoms with Crippen LogP contribution in [0.3, 0.4) is 0 Å². The van der Waals surface area contributed by atoms with E-state index in [0.29, 0.717) is 5.56 Å². The van der Waals surface area contributed by atoms with Gasteiger partial charge in [0.15, 0.2) is 0 Å². The second kappa shape index (κ2) is 5.06. The van der Waals surface area contributed by atoms with Crippen LogP contribution >= 0.6 is 11.3 Å². The highest BCUT2D eigenvalue weighted by molar-refractivity contribution is 7.89. The molecule has 9 heteroatoms. The van der Waals surface area contributed by atoms with Gasteiger partial charge in [0, 0.05) is 6.54 Å². The largest absolute Gasteiger partial charge is 0.387 e. The van der Waals surface area contributed by atoms with Crippen LogP contribution < -0.4 is 10.5 Å². The molecule has 0 aliphatic heterocycles. The van der Waals surface area contributed by atoms with E-state index in [4.69, 9.17) is 5.73 Å². The number of nitrogens with two attached hydrogens (primary N) is 1. The topological polar surface area (TPSA) is 121 Å². The Bertz CT molecular complexity index is 606. The molecule has 0 aliphatic rings. The van der Waals surface area contributed by atoms with Crippen LogP contribution in [0.1, 0.15) is 11.7 Å². The lowest BCUT2D eigenvalue weighted by atomic mass is 10.2. The Labute approximate surface area is 108 Å². The van der Waals surface area contributed by atoms with E-state index in [1.54, 1.807) is 16.8 Å². The van der Waals surface area contributed by atoms with Crippen molar-refractivity contribution < 1.29 is 13.5 Å². The molecule has 2 rings (SSSR count). The number of anilines is 1. The highest BCUT2D eigenvalue weighted by atomic mass is 32.2. The number of aromatic nitrogens is 2. The van der Waals surface area contributed by atoms with Crippen LogP contribution in [0.2, 0.25) is 0 Å². The summed E-state index contributed by atoms with van der Waals surface area (Å²) in [7, 11) is -3.76. The molecule has 0 aliphatic carbocycles. The molecule has 0 bridgehead atoms. The Morgan fingerprint density at radius 3 is 2.94 bits per heavy atom. The molecule has 2 heterocycles. The van der Waals surface area contributed by atoms with Gasteiger partial charge in [-0.15, -0.1) is 0 Å². The smallest absolute Gasteiger partial charge is 0.245 e. The van der Waals surface area contributed by atoms with Crippen molar-refractivity contribution in [3.8, 4) is 0 Å². The second-order valence-electron chi connectivity index (χ2n) is 3.57. The third-order valence-electron chi connectivity index (χ3n) is 2.32. The van der Waals surface area contributed by atoms with Gasteiger partial charge in [-0.25, -0.2) is 13.1 Å². The number of aromatic amines is 1. The van der Waals surface area contributed by atoms with Crippen molar-refractivity contribution in [2.45, 2.75) is 11.0 Å². The molecule has 0 amide bonds. The van der Waals surface area contributed by atoms with Crippen molar-refractivity contribution in [1.29, 1.82) is 0 Å². The summed E-state index contributed by atoms with van der Waals surface area (Å²) in [5.41, 5.74) is 6.10. The summed E-state index contributed by atoms with van der Waals surface area (Å²) in [6.07, 6.45) is 0.230. The van der Waals surface area contributed by atoms with Crippen LogP contribution in [0.15, 0.2) is 27.9 Å². The van der Waals surface area contributed by atoms with E-state index in [1.165, 1.54) is 11.3 Å². The van der Waals surface area contributed by atoms with Gasteiger partial charge < -0.3 is 10.8 Å². The molecule has 1 unspecified atom stereocenters. The molecule has 5 N–H and O–H groups in total. The van der Waals surface area contributed by atoms with Crippen LogP contribution in [0, 0.1) is 0 Å². The first-order valence-electron chi connectivity index (χ1n) is 4.99. The van der Waals surface area contributed by atoms with Crippen LogP contribution in [0.5, 0.6) is 0 Å². The summed E-state index contributed by atoms with van der Waals surface area (Å²) in [6, 6.07) is 1.73. The molecule has 0 spiro atoms. The lowest BCUT2D eigenvalue weighted by Crippen LogP contribution is -2.28. The summed E-state index contributed by atoms with van der Waals surface area (Å²) < 4.78 is 25.9. The average Bonchev–Trinajstić information content (AvgIpc) is 2.96. The minimum absolute atomic E-state index is 0.0347. The molecule has 0 fully saturated rings. The molecule has 0 aromatic carbocycles. The van der Waals surface area contributed by atoms with E-state index in [-0.39, 0.29) is 17.3 Å². The van der Waals surface area contributed by atoms with E-state index in [0.717, 1.165) is 6.20 Å². The molecule has 1 atom stereocenters. The first-order valence-corrected chi connectivity index (χ1v) is 7.42. The van der Waals surface area contributed by atoms with Gasteiger partial charge in [0.2, 0.25) is 10.0 Å². The lowest BCUT2D eigenvalue weighted by Gasteiger charge is -2.10. The molecule has 7 nitrogen and oxygen atoms in total. The first kappa shape index (κ1) is 13.0. The van der Waals surface area contributed by atoms with Gasteiger partial charge in [0.25, 0.3) is 0 Å². The number of H-pyrrole nitrogens is 1. The molecule has 0 saturated heterocycles. The lowest BCUT2D eigenvalue weighted by molar-refractivity contribution is 0.182. The van der Waals surface area contributed by atoms with Gasteiger partial charge in [-0.1, -0.05) is 0 Å². The van der Waals surface area contributed by atoms with E-state index in [1.807, 2.05) is 0 Å². The Hall–Kier alpha value is -1.42. The number of hydrogen-bond donors (Lipinski definition) is 4. The zero-order chi connectivity index (χ0) is 13.2. The fourth-order valence-electron chi connectivity index (χ4n) is 1.35. The molecular formula is C9H12N4O3S2. The van der Waals surface area contributed by atoms with Crippen LogP contribution in [0.25, 0.3) is 0 Å². The van der Waals surface area contributed by atoms with Crippen molar-refractivity contribution in [2.24, 2.45) is 0 Å². The van der Waals surface area contributed by atoms with Crippen LogP contribution in [0.4, 0.5) is 5.82 Å². The first-order chi connectivity index (χ1) is 8.50. The third kappa shape index (κ3) is 2.70. The third-order valence-corrected chi connectivity index (χ3v) is 4.47. The number of thiophene rings is 1. The van der Waals surface area contributed by atoms with Gasteiger partial charge in [-0.3, -0.25) is 5.10 Å². The number of nitrogens with zero attached hydrogens (tertiary/aromatic N) is 1. The minimum Gasteiger partial charge on any atom is -0.387 e. The fourth-order valence-corrected chi connectivity index (χ4v) is 3.11. The Morgan fingerprint density at radius 1 is 1.61 bits per heavy atom. The van der Waals surface area contributed by atoms with Crippen LogP contribution in [-0.2, 0) is 10.0 Å². The summed E-state index contributed by atoms with van der Waals surface area (Å²) in [4.78, 5) is -0.125. The van der Waals surface area contributed by atoms with Gasteiger partial charge in [-0.05, 0) is 22.4 Å². The molecule has 18 heavy (non-hydrogen) atoms. The van der Waals surface area contributed by atoms with Crippen molar-refractivity contribution in [3.63, 3.8) is 0 Å². The van der Waals surface area contributed by atoms with Crippen LogP contribution in [-0.4, -0.2) is 30.3 Å². The van der Waals surface area contributed by atoms with E-state index < -0.39 is 16.1 Å². The highest BCUT2D eigenvalue weighted by Gasteiger charge is 2.20. The maximum atomic E-state index is 11.8. The maximum absolute atomic E-state index is 11.8. The molecule has 2 aromatic heterocycles. The van der Waals surface area contributed by atoms with Gasteiger partial charge >= 0.3 is 0 Å². The summed E-state index contributed by atoms with van der Waals surface area (Å²) in [6.45, 7) is -0.121. The van der Waals surface area contributed by atoms with Gasteiger partial charge in [-0.2, -0.15) is 16.4 Å². The van der Waals surface area contributed by atoms with Crippen molar-refractivity contribution >= 4 is 27.2 Å². The molecule has 98 valence electrons. The minimum atomic E-state index is -3.76. The van der Waals surface area contributed by atoms with Gasteiger partial charge in [0.05, 0.1) is 12.3 Å². The number of nitrogens with one attached hydrogen (secondary N) is 2. The quantitative estimate of drug-likeness (QED) is 0.620. The van der Waals surface area contributed by atoms with E-state index in [9.17, 15) is 13.5 Å². The Morgan fingerprint density at radius 2 is 2.39 bits per heavy atom. The monoisotopic (exact) mass is 288 g/mol. The maximum Gasteiger partial charge on any atom is 0.245 e. The number of rotatable bonds is 5. The predicted octanol–water partition coefficient (Wildman–Crippen LogP) is 0.0653. The van der Waals surface area contributed by atoms with Crippen molar-refractivity contribution in [2.75, 3.05) is 12.3 Å². The van der Waals surface area contributed by atoms with E-state index in [2.05, 4.69) is 14.9 Å². The number of aliphatic hydroxyl groups excluding tert-OH is 1. The fraction of sp³-hybridized carbons (Fsp3) is 0.222. The zero-order valence-electron chi connectivity index (χ0n) is 9.20. The predicted molar refractivity (Wildman–Crippen MR) is 67.5 cm³/mol. The number of hydrogen-bond acceptors (Lipinski definition) is 6. The van der Waals surface area contributed by atoms with Gasteiger partial charge in [0.1, 0.15) is 10.7 Å². The van der Waals surface area contributed by atoms with E-state index >= 15 is 0 Å². The second-order valence-corrected chi connectivity index (χ2v) is 6.09. The zero-order valence-corrected chi connectivity index (χ0v) is 10.8. The number of nitrogen functional groups attached to an aromatic ring is 1. The number of sulfonamides is 1. The number of aliphatic hydroxyl groups is 1. The normalized spacial score (nSPS) is 13.6.